The summed E-state index contributed by atoms with van der Waals surface area (Å²) in [5, 5.41) is 6.24. The molecular formula is C26H23N. The predicted molar refractivity (Wildman–Crippen MR) is 116 cm³/mol. The van der Waals surface area contributed by atoms with Gasteiger partial charge in [-0.2, -0.15) is 0 Å². The summed E-state index contributed by atoms with van der Waals surface area (Å²) < 4.78 is 0. The summed E-state index contributed by atoms with van der Waals surface area (Å²) in [6.45, 7) is 6.81. The molecule has 1 aliphatic rings. The molecule has 1 aliphatic carbocycles. The third kappa shape index (κ3) is 2.39. The van der Waals surface area contributed by atoms with E-state index in [9.17, 15) is 0 Å². The summed E-state index contributed by atoms with van der Waals surface area (Å²) in [6, 6.07) is 28.5. The molecule has 0 saturated carbocycles. The molecule has 4 aromatic carbocycles. The molecule has 5 rings (SSSR count). The maximum Gasteiger partial charge on any atom is 0.0464 e. The summed E-state index contributed by atoms with van der Waals surface area (Å²) in [5.74, 6) is 0. The van der Waals surface area contributed by atoms with Gasteiger partial charge in [-0.25, -0.2) is 0 Å². The van der Waals surface area contributed by atoms with Crippen LogP contribution in [0.4, 0.5) is 11.4 Å². The van der Waals surface area contributed by atoms with Crippen LogP contribution >= 0.6 is 0 Å². The lowest BCUT2D eigenvalue weighted by Gasteiger charge is -2.22. The topological polar surface area (TPSA) is 12.0 Å². The Kier molecular flexibility index (Phi) is 3.42. The first-order valence-electron chi connectivity index (χ1n) is 9.55. The van der Waals surface area contributed by atoms with E-state index in [1.165, 1.54) is 38.6 Å². The number of fused-ring (bicyclic) bond motifs is 4. The molecule has 4 aromatic rings. The number of aryl methyl sites for hydroxylation is 1. The fourth-order valence-electron chi connectivity index (χ4n) is 4.50. The van der Waals surface area contributed by atoms with Crippen LogP contribution < -0.4 is 5.32 Å². The Labute approximate surface area is 160 Å². The quantitative estimate of drug-likeness (QED) is 0.403. The monoisotopic (exact) mass is 349 g/mol. The summed E-state index contributed by atoms with van der Waals surface area (Å²) in [6.07, 6.45) is 0. The van der Waals surface area contributed by atoms with E-state index in [2.05, 4.69) is 105 Å². The largest absolute Gasteiger partial charge is 0.355 e. The van der Waals surface area contributed by atoms with Crippen molar-refractivity contribution in [2.45, 2.75) is 26.2 Å². The van der Waals surface area contributed by atoms with Gasteiger partial charge in [0.2, 0.25) is 0 Å². The first-order valence-corrected chi connectivity index (χ1v) is 9.55. The summed E-state index contributed by atoms with van der Waals surface area (Å²) in [7, 11) is 0. The highest BCUT2D eigenvalue weighted by molar-refractivity contribution is 5.97. The number of hydrogen-bond donors (Lipinski definition) is 1. The standard InChI is InChI=1S/C26H23N/c1-17-12-15-25(22-10-5-4-8-19(17)22)27-18-13-14-21-20-9-6-7-11-23(20)26(2,3)24(21)16-18/h4-16,27H,1-3H3. The van der Waals surface area contributed by atoms with E-state index in [-0.39, 0.29) is 5.41 Å². The van der Waals surface area contributed by atoms with Gasteiger partial charge in [-0.05, 0) is 58.3 Å². The molecule has 27 heavy (non-hydrogen) atoms. The molecular weight excluding hydrogens is 326 g/mol. The minimum absolute atomic E-state index is 0.0267. The lowest BCUT2D eigenvalue weighted by atomic mass is 9.82. The van der Waals surface area contributed by atoms with Crippen molar-refractivity contribution in [1.29, 1.82) is 0 Å². The Hall–Kier alpha value is -3.06. The highest BCUT2D eigenvalue weighted by Gasteiger charge is 2.35. The molecule has 0 aromatic heterocycles. The van der Waals surface area contributed by atoms with Crippen molar-refractivity contribution >= 4 is 22.1 Å². The third-order valence-electron chi connectivity index (χ3n) is 6.00. The van der Waals surface area contributed by atoms with Gasteiger partial charge in [-0.3, -0.25) is 0 Å². The second-order valence-electron chi connectivity index (χ2n) is 8.03. The Bertz CT molecular complexity index is 1180. The number of benzene rings is 4. The molecule has 0 radical (unpaired) electrons. The normalized spacial score (nSPS) is 14.0. The molecule has 0 unspecified atom stereocenters. The van der Waals surface area contributed by atoms with Crippen molar-refractivity contribution in [1.82, 2.24) is 0 Å². The molecule has 132 valence electrons. The Balaban J connectivity index is 1.60. The van der Waals surface area contributed by atoms with Gasteiger partial charge in [0.05, 0.1) is 0 Å². The molecule has 0 amide bonds. The molecule has 1 N–H and O–H groups in total. The molecule has 0 bridgehead atoms. The van der Waals surface area contributed by atoms with Crippen LogP contribution in [0.15, 0.2) is 78.9 Å². The van der Waals surface area contributed by atoms with Gasteiger partial charge in [0, 0.05) is 22.2 Å². The van der Waals surface area contributed by atoms with Crippen LogP contribution in [-0.4, -0.2) is 0 Å². The molecule has 0 fully saturated rings. The smallest absolute Gasteiger partial charge is 0.0464 e. The number of nitrogens with one attached hydrogen (secondary N) is 1. The molecule has 0 heterocycles. The predicted octanol–water partition coefficient (Wildman–Crippen LogP) is 7.20. The highest BCUT2D eigenvalue weighted by atomic mass is 14.9. The van der Waals surface area contributed by atoms with E-state index in [0.717, 1.165) is 11.4 Å². The van der Waals surface area contributed by atoms with Crippen LogP contribution in [0, 0.1) is 6.92 Å². The van der Waals surface area contributed by atoms with Crippen LogP contribution in [0.1, 0.15) is 30.5 Å². The summed E-state index contributed by atoms with van der Waals surface area (Å²) >= 11 is 0. The van der Waals surface area contributed by atoms with Crippen LogP contribution in [-0.2, 0) is 5.41 Å². The zero-order chi connectivity index (χ0) is 18.6. The van der Waals surface area contributed by atoms with Crippen LogP contribution in [0.25, 0.3) is 21.9 Å². The SMILES string of the molecule is Cc1ccc(Nc2ccc3c(c2)C(C)(C)c2ccccc2-3)c2ccccc12. The molecule has 0 atom stereocenters. The van der Waals surface area contributed by atoms with Gasteiger partial charge >= 0.3 is 0 Å². The van der Waals surface area contributed by atoms with Gasteiger partial charge in [-0.1, -0.05) is 74.5 Å². The Morgan fingerprint density at radius 3 is 2.22 bits per heavy atom. The zero-order valence-corrected chi connectivity index (χ0v) is 16.0. The van der Waals surface area contributed by atoms with Crippen molar-refractivity contribution in [3.05, 3.63) is 95.6 Å². The fourth-order valence-corrected chi connectivity index (χ4v) is 4.50. The van der Waals surface area contributed by atoms with Gasteiger partial charge in [0.25, 0.3) is 0 Å². The van der Waals surface area contributed by atoms with Crippen molar-refractivity contribution in [3.8, 4) is 11.1 Å². The van der Waals surface area contributed by atoms with Crippen LogP contribution in [0.5, 0.6) is 0 Å². The van der Waals surface area contributed by atoms with E-state index in [4.69, 9.17) is 0 Å². The molecule has 0 spiro atoms. The van der Waals surface area contributed by atoms with E-state index in [1.807, 2.05) is 0 Å². The minimum Gasteiger partial charge on any atom is -0.355 e. The maximum atomic E-state index is 3.67. The third-order valence-corrected chi connectivity index (χ3v) is 6.00. The average molecular weight is 349 g/mol. The average Bonchev–Trinajstić information content (AvgIpc) is 2.92. The fraction of sp³-hybridized carbons (Fsp3) is 0.154. The van der Waals surface area contributed by atoms with E-state index in [1.54, 1.807) is 0 Å². The second-order valence-corrected chi connectivity index (χ2v) is 8.03. The Morgan fingerprint density at radius 1 is 0.667 bits per heavy atom. The van der Waals surface area contributed by atoms with E-state index < -0.39 is 0 Å². The second kappa shape index (κ2) is 5.72. The first-order chi connectivity index (χ1) is 13.1. The van der Waals surface area contributed by atoms with Crippen LogP contribution in [0.3, 0.4) is 0 Å². The Morgan fingerprint density at radius 2 is 1.37 bits per heavy atom. The summed E-state index contributed by atoms with van der Waals surface area (Å²) in [4.78, 5) is 0. The van der Waals surface area contributed by atoms with Crippen LogP contribution in [0.2, 0.25) is 0 Å². The number of anilines is 2. The first kappa shape index (κ1) is 16.1. The maximum absolute atomic E-state index is 3.67. The van der Waals surface area contributed by atoms with Gasteiger partial charge < -0.3 is 5.32 Å². The van der Waals surface area contributed by atoms with E-state index >= 15 is 0 Å². The minimum atomic E-state index is 0.0267. The lowest BCUT2D eigenvalue weighted by molar-refractivity contribution is 0.660. The van der Waals surface area contributed by atoms with Crippen molar-refractivity contribution in [2.75, 3.05) is 5.32 Å². The number of hydrogen-bond acceptors (Lipinski definition) is 1. The molecule has 1 heteroatoms. The van der Waals surface area contributed by atoms with E-state index in [0.29, 0.717) is 0 Å². The molecule has 0 saturated heterocycles. The summed E-state index contributed by atoms with van der Waals surface area (Å²) in [5.41, 5.74) is 9.16. The van der Waals surface area contributed by atoms with Crippen molar-refractivity contribution < 1.29 is 0 Å². The van der Waals surface area contributed by atoms with Crippen molar-refractivity contribution in [3.63, 3.8) is 0 Å². The lowest BCUT2D eigenvalue weighted by Crippen LogP contribution is -2.15. The number of rotatable bonds is 2. The molecule has 1 nitrogen and oxygen atoms in total. The van der Waals surface area contributed by atoms with Crippen molar-refractivity contribution in [2.24, 2.45) is 0 Å². The highest BCUT2D eigenvalue weighted by Crippen LogP contribution is 2.49. The zero-order valence-electron chi connectivity index (χ0n) is 16.0. The van der Waals surface area contributed by atoms with Gasteiger partial charge in [0.15, 0.2) is 0 Å². The van der Waals surface area contributed by atoms with Gasteiger partial charge in [-0.15, -0.1) is 0 Å². The molecule has 0 aliphatic heterocycles. The van der Waals surface area contributed by atoms with Gasteiger partial charge in [0.1, 0.15) is 0 Å².